The predicted octanol–water partition coefficient (Wildman–Crippen LogP) is 5.48. The summed E-state index contributed by atoms with van der Waals surface area (Å²) in [5.74, 6) is -0.353. The van der Waals surface area contributed by atoms with Gasteiger partial charge in [0.05, 0.1) is 12.2 Å². The van der Waals surface area contributed by atoms with Crippen molar-refractivity contribution in [3.05, 3.63) is 16.0 Å². The molecule has 136 valence electrons. The van der Waals surface area contributed by atoms with Crippen molar-refractivity contribution in [2.24, 2.45) is 0 Å². The molecule has 5 heteroatoms. The monoisotopic (exact) mass is 353 g/mol. The molecule has 24 heavy (non-hydrogen) atoms. The lowest BCUT2D eigenvalue weighted by Gasteiger charge is -2.08. The number of carbonyl (C=O) groups excluding carboxylic acids is 2. The Labute approximate surface area is 150 Å². The van der Waals surface area contributed by atoms with Gasteiger partial charge in [0.25, 0.3) is 0 Å². The molecule has 1 aromatic rings. The molecule has 0 bridgehead atoms. The second kappa shape index (κ2) is 11.2. The van der Waals surface area contributed by atoms with Crippen LogP contribution in [0.2, 0.25) is 0 Å². The predicted molar refractivity (Wildman–Crippen MR) is 101 cm³/mol. The molecule has 0 aliphatic rings. The van der Waals surface area contributed by atoms with E-state index in [9.17, 15) is 9.59 Å². The highest BCUT2D eigenvalue weighted by molar-refractivity contribution is 7.16. The number of hydrogen-bond acceptors (Lipinski definition) is 4. The molecule has 0 aliphatic heterocycles. The highest BCUT2D eigenvalue weighted by Crippen LogP contribution is 2.34. The zero-order chi connectivity index (χ0) is 17.9. The average molecular weight is 354 g/mol. The van der Waals surface area contributed by atoms with Gasteiger partial charge in [0.15, 0.2) is 0 Å². The van der Waals surface area contributed by atoms with E-state index >= 15 is 0 Å². The third kappa shape index (κ3) is 6.27. The van der Waals surface area contributed by atoms with Gasteiger partial charge in [0, 0.05) is 11.3 Å². The van der Waals surface area contributed by atoms with Gasteiger partial charge in [-0.1, -0.05) is 46.0 Å². The number of amides is 1. The number of anilines is 1. The van der Waals surface area contributed by atoms with E-state index in [1.165, 1.54) is 37.0 Å². The minimum absolute atomic E-state index is 0.0139. The molecule has 4 nitrogen and oxygen atoms in total. The minimum atomic E-state index is -0.339. The van der Waals surface area contributed by atoms with E-state index in [-0.39, 0.29) is 11.9 Å². The Morgan fingerprint density at radius 2 is 1.71 bits per heavy atom. The SMILES string of the molecule is CCCCCCCCC(=O)Nc1sc(C)c(CC)c1C(=O)OCC. The summed E-state index contributed by atoms with van der Waals surface area (Å²) in [6.07, 6.45) is 8.17. The lowest BCUT2D eigenvalue weighted by Crippen LogP contribution is -2.14. The van der Waals surface area contributed by atoms with Crippen LogP contribution in [0.25, 0.3) is 0 Å². The topological polar surface area (TPSA) is 55.4 Å². The van der Waals surface area contributed by atoms with Crippen LogP contribution >= 0.6 is 11.3 Å². The van der Waals surface area contributed by atoms with Gasteiger partial charge in [-0.05, 0) is 32.3 Å². The van der Waals surface area contributed by atoms with E-state index in [4.69, 9.17) is 4.74 Å². The number of carbonyl (C=O) groups is 2. The standard InChI is InChI=1S/C19H31NO3S/c1-5-8-9-10-11-12-13-16(21)20-18-17(19(22)23-7-3)15(6-2)14(4)24-18/h5-13H2,1-4H3,(H,20,21). The molecule has 0 fully saturated rings. The van der Waals surface area contributed by atoms with Crippen LogP contribution in [0.4, 0.5) is 5.00 Å². The lowest BCUT2D eigenvalue weighted by molar-refractivity contribution is -0.116. The van der Waals surface area contributed by atoms with E-state index in [2.05, 4.69) is 12.2 Å². The first-order chi connectivity index (χ1) is 11.5. The maximum Gasteiger partial charge on any atom is 0.341 e. The molecule has 0 saturated carbocycles. The number of thiophene rings is 1. The van der Waals surface area contributed by atoms with Crippen molar-refractivity contribution in [1.82, 2.24) is 0 Å². The first kappa shape index (κ1) is 20.7. The van der Waals surface area contributed by atoms with Crippen LogP contribution in [0.3, 0.4) is 0 Å². The van der Waals surface area contributed by atoms with Crippen molar-refractivity contribution in [1.29, 1.82) is 0 Å². The van der Waals surface area contributed by atoms with Gasteiger partial charge in [0.1, 0.15) is 5.00 Å². The van der Waals surface area contributed by atoms with Gasteiger partial charge < -0.3 is 10.1 Å². The van der Waals surface area contributed by atoms with Gasteiger partial charge in [-0.15, -0.1) is 11.3 Å². The highest BCUT2D eigenvalue weighted by atomic mass is 32.1. The number of unbranched alkanes of at least 4 members (excludes halogenated alkanes) is 5. The maximum atomic E-state index is 12.2. The van der Waals surface area contributed by atoms with Gasteiger partial charge in [0.2, 0.25) is 5.91 Å². The second-order valence-electron chi connectivity index (χ2n) is 5.98. The molecule has 0 spiro atoms. The van der Waals surface area contributed by atoms with E-state index in [1.807, 2.05) is 13.8 Å². The highest BCUT2D eigenvalue weighted by Gasteiger charge is 2.23. The number of esters is 1. The Kier molecular flexibility index (Phi) is 9.69. The number of ether oxygens (including phenoxy) is 1. The number of nitrogens with one attached hydrogen (secondary N) is 1. The summed E-state index contributed by atoms with van der Waals surface area (Å²) in [7, 11) is 0. The summed E-state index contributed by atoms with van der Waals surface area (Å²) in [5, 5.41) is 3.56. The van der Waals surface area contributed by atoms with Crippen molar-refractivity contribution >= 4 is 28.2 Å². The largest absolute Gasteiger partial charge is 0.462 e. The third-order valence-electron chi connectivity index (χ3n) is 4.05. The molecule has 0 saturated heterocycles. The van der Waals surface area contributed by atoms with Gasteiger partial charge >= 0.3 is 5.97 Å². The summed E-state index contributed by atoms with van der Waals surface area (Å²) < 4.78 is 5.16. The van der Waals surface area contributed by atoms with Crippen LogP contribution in [-0.4, -0.2) is 18.5 Å². The molecular formula is C19H31NO3S. The Morgan fingerprint density at radius 3 is 2.33 bits per heavy atom. The van der Waals surface area contributed by atoms with Gasteiger partial charge in [-0.3, -0.25) is 4.79 Å². The summed E-state index contributed by atoms with van der Waals surface area (Å²) >= 11 is 1.47. The van der Waals surface area contributed by atoms with Crippen molar-refractivity contribution in [2.75, 3.05) is 11.9 Å². The first-order valence-electron chi connectivity index (χ1n) is 9.14. The van der Waals surface area contributed by atoms with Gasteiger partial charge in [-0.2, -0.15) is 0 Å². The normalized spacial score (nSPS) is 10.7. The van der Waals surface area contributed by atoms with Crippen molar-refractivity contribution < 1.29 is 14.3 Å². The first-order valence-corrected chi connectivity index (χ1v) is 9.95. The van der Waals surface area contributed by atoms with Crippen LogP contribution in [0, 0.1) is 6.92 Å². The average Bonchev–Trinajstić information content (AvgIpc) is 2.86. The molecule has 1 aromatic heterocycles. The summed E-state index contributed by atoms with van der Waals surface area (Å²) in [4.78, 5) is 25.5. The zero-order valence-corrected chi connectivity index (χ0v) is 16.3. The van der Waals surface area contributed by atoms with Gasteiger partial charge in [-0.25, -0.2) is 4.79 Å². The van der Waals surface area contributed by atoms with E-state index in [0.717, 1.165) is 29.7 Å². The molecule has 0 aromatic carbocycles. The van der Waals surface area contributed by atoms with Crippen LogP contribution in [-0.2, 0) is 16.0 Å². The Morgan fingerprint density at radius 1 is 1.04 bits per heavy atom. The molecule has 1 N–H and O–H groups in total. The summed E-state index contributed by atoms with van der Waals surface area (Å²) in [5.41, 5.74) is 1.52. The van der Waals surface area contributed by atoms with Crippen molar-refractivity contribution in [3.63, 3.8) is 0 Å². The fraction of sp³-hybridized carbons (Fsp3) is 0.684. The summed E-state index contributed by atoms with van der Waals surface area (Å²) in [6, 6.07) is 0. The van der Waals surface area contributed by atoms with Crippen LogP contribution < -0.4 is 5.32 Å². The second-order valence-corrected chi connectivity index (χ2v) is 7.21. The Balaban J connectivity index is 2.63. The quantitative estimate of drug-likeness (QED) is 0.423. The molecule has 0 aliphatic carbocycles. The summed E-state index contributed by atoms with van der Waals surface area (Å²) in [6.45, 7) is 8.32. The molecule has 0 unspecified atom stereocenters. The Bertz CT molecular complexity index is 537. The van der Waals surface area contributed by atoms with Crippen molar-refractivity contribution in [3.8, 4) is 0 Å². The molecule has 1 amide bonds. The molecule has 0 atom stereocenters. The van der Waals surface area contributed by atoms with E-state index in [1.54, 1.807) is 6.92 Å². The van der Waals surface area contributed by atoms with E-state index < -0.39 is 0 Å². The zero-order valence-electron chi connectivity index (χ0n) is 15.5. The molecular weight excluding hydrogens is 322 g/mol. The molecule has 1 heterocycles. The molecule has 1 rings (SSSR count). The number of aryl methyl sites for hydroxylation is 1. The van der Waals surface area contributed by atoms with E-state index in [0.29, 0.717) is 23.6 Å². The smallest absolute Gasteiger partial charge is 0.341 e. The molecule has 0 radical (unpaired) electrons. The van der Waals surface area contributed by atoms with Crippen LogP contribution in [0.1, 0.15) is 86.5 Å². The Hall–Kier alpha value is -1.36. The lowest BCUT2D eigenvalue weighted by atomic mass is 10.1. The number of hydrogen-bond donors (Lipinski definition) is 1. The maximum absolute atomic E-state index is 12.2. The number of rotatable bonds is 11. The third-order valence-corrected chi connectivity index (χ3v) is 5.12. The minimum Gasteiger partial charge on any atom is -0.462 e. The van der Waals surface area contributed by atoms with Crippen LogP contribution in [0.5, 0.6) is 0 Å². The fourth-order valence-electron chi connectivity index (χ4n) is 2.77. The fourth-order valence-corrected chi connectivity index (χ4v) is 3.92. The van der Waals surface area contributed by atoms with Crippen molar-refractivity contribution in [2.45, 2.75) is 79.1 Å². The van der Waals surface area contributed by atoms with Crippen LogP contribution in [0.15, 0.2) is 0 Å².